The van der Waals surface area contributed by atoms with Crippen LogP contribution in [0.25, 0.3) is 0 Å². The van der Waals surface area contributed by atoms with Crippen LogP contribution in [-0.4, -0.2) is 30.8 Å². The van der Waals surface area contributed by atoms with E-state index in [2.05, 4.69) is 4.90 Å². The summed E-state index contributed by atoms with van der Waals surface area (Å²) in [5, 5.41) is 0.734. The van der Waals surface area contributed by atoms with Crippen molar-refractivity contribution in [1.82, 2.24) is 4.90 Å². The third kappa shape index (κ3) is 2.26. The van der Waals surface area contributed by atoms with Crippen LogP contribution in [0.15, 0.2) is 12.1 Å². The molecule has 1 fully saturated rings. The number of ether oxygens (including phenoxy) is 2. The maximum Gasteiger partial charge on any atom is 0.189 e. The quantitative estimate of drug-likeness (QED) is 0.866. The van der Waals surface area contributed by atoms with Crippen molar-refractivity contribution in [3.05, 3.63) is 28.3 Å². The lowest BCUT2D eigenvalue weighted by Crippen LogP contribution is -2.54. The van der Waals surface area contributed by atoms with Gasteiger partial charge in [-0.1, -0.05) is 11.6 Å². The molecular weight excluding hydrogens is 240 g/mol. The first-order chi connectivity index (χ1) is 8.22. The number of hydrogen-bond acceptors (Lipinski definition) is 4. The molecule has 0 spiro atoms. The average Bonchev–Trinajstić information content (AvgIpc) is 2.26. The van der Waals surface area contributed by atoms with E-state index in [0.29, 0.717) is 19.4 Å². The topological polar surface area (TPSA) is 47.7 Å². The molecule has 0 radical (unpaired) electrons. The Labute approximate surface area is 105 Å². The summed E-state index contributed by atoms with van der Waals surface area (Å²) in [5.74, 6) is 0.932. The van der Waals surface area contributed by atoms with E-state index in [4.69, 9.17) is 26.8 Å². The van der Waals surface area contributed by atoms with Crippen LogP contribution >= 0.6 is 11.6 Å². The second kappa shape index (κ2) is 4.46. The minimum Gasteiger partial charge on any atom is -0.467 e. The molecule has 2 heterocycles. The molecule has 1 aromatic rings. The van der Waals surface area contributed by atoms with Gasteiger partial charge in [0, 0.05) is 41.8 Å². The number of halogens is 1. The molecule has 2 N–H and O–H groups in total. The van der Waals surface area contributed by atoms with E-state index in [-0.39, 0.29) is 0 Å². The molecule has 0 aliphatic carbocycles. The Balaban J connectivity index is 1.84. The first-order valence-electron chi connectivity index (χ1n) is 5.72. The van der Waals surface area contributed by atoms with Gasteiger partial charge in [-0.15, -0.1) is 0 Å². The normalized spacial score (nSPS) is 20.6. The van der Waals surface area contributed by atoms with Gasteiger partial charge in [-0.25, -0.2) is 0 Å². The zero-order valence-electron chi connectivity index (χ0n) is 9.49. The van der Waals surface area contributed by atoms with Gasteiger partial charge in [-0.2, -0.15) is 0 Å². The number of nitrogens with zero attached hydrogens (tertiary/aromatic N) is 1. The first-order valence-corrected chi connectivity index (χ1v) is 6.10. The van der Waals surface area contributed by atoms with Gasteiger partial charge < -0.3 is 15.2 Å². The van der Waals surface area contributed by atoms with Crippen molar-refractivity contribution in [3.63, 3.8) is 0 Å². The minimum absolute atomic E-state index is 0.314. The smallest absolute Gasteiger partial charge is 0.189 e. The van der Waals surface area contributed by atoms with Crippen molar-refractivity contribution in [3.8, 4) is 5.75 Å². The standard InChI is InChI=1S/C12H15ClN2O2/c13-10-1-8(3-15-4-11(14)5-15)12-9(2-10)6-16-7-17-12/h1-2,11H,3-7,14H2. The van der Waals surface area contributed by atoms with Crippen LogP contribution < -0.4 is 10.5 Å². The van der Waals surface area contributed by atoms with Crippen molar-refractivity contribution in [2.75, 3.05) is 19.9 Å². The second-order valence-electron chi connectivity index (χ2n) is 4.62. The lowest BCUT2D eigenvalue weighted by molar-refractivity contribution is -0.0178. The monoisotopic (exact) mass is 254 g/mol. The number of fused-ring (bicyclic) bond motifs is 1. The Morgan fingerprint density at radius 2 is 2.24 bits per heavy atom. The zero-order chi connectivity index (χ0) is 11.8. The van der Waals surface area contributed by atoms with Gasteiger partial charge >= 0.3 is 0 Å². The van der Waals surface area contributed by atoms with Crippen molar-refractivity contribution in [2.24, 2.45) is 5.73 Å². The summed E-state index contributed by atoms with van der Waals surface area (Å²) in [6.07, 6.45) is 0. The largest absolute Gasteiger partial charge is 0.467 e. The highest BCUT2D eigenvalue weighted by Crippen LogP contribution is 2.32. The number of benzene rings is 1. The third-order valence-corrected chi connectivity index (χ3v) is 3.35. The highest BCUT2D eigenvalue weighted by molar-refractivity contribution is 6.30. The summed E-state index contributed by atoms with van der Waals surface area (Å²) < 4.78 is 10.8. The van der Waals surface area contributed by atoms with Crippen molar-refractivity contribution in [1.29, 1.82) is 0 Å². The minimum atomic E-state index is 0.314. The second-order valence-corrected chi connectivity index (χ2v) is 5.05. The fraction of sp³-hybridized carbons (Fsp3) is 0.500. The Hall–Kier alpha value is -0.810. The van der Waals surface area contributed by atoms with Gasteiger partial charge in [0.25, 0.3) is 0 Å². The van der Waals surface area contributed by atoms with Crippen molar-refractivity contribution in [2.45, 2.75) is 19.2 Å². The molecule has 5 heteroatoms. The lowest BCUT2D eigenvalue weighted by Gasteiger charge is -2.37. The predicted octanol–water partition coefficient (Wildman–Crippen LogP) is 1.35. The van der Waals surface area contributed by atoms with Crippen LogP contribution in [0, 0.1) is 0 Å². The molecular formula is C12H15ClN2O2. The van der Waals surface area contributed by atoms with E-state index in [1.165, 1.54) is 0 Å². The molecule has 0 aromatic heterocycles. The highest BCUT2D eigenvalue weighted by atomic mass is 35.5. The highest BCUT2D eigenvalue weighted by Gasteiger charge is 2.25. The first kappa shape index (κ1) is 11.3. The van der Waals surface area contributed by atoms with E-state index < -0.39 is 0 Å². The third-order valence-electron chi connectivity index (χ3n) is 3.13. The van der Waals surface area contributed by atoms with Crippen LogP contribution in [0.5, 0.6) is 5.75 Å². The summed E-state index contributed by atoms with van der Waals surface area (Å²) in [7, 11) is 0. The molecule has 3 rings (SSSR count). The van der Waals surface area contributed by atoms with Crippen molar-refractivity contribution < 1.29 is 9.47 Å². The van der Waals surface area contributed by atoms with Gasteiger partial charge in [0.1, 0.15) is 5.75 Å². The zero-order valence-corrected chi connectivity index (χ0v) is 10.2. The van der Waals surface area contributed by atoms with Gasteiger partial charge in [0.05, 0.1) is 6.61 Å². The number of hydrogen-bond donors (Lipinski definition) is 1. The predicted molar refractivity (Wildman–Crippen MR) is 65.0 cm³/mol. The van der Waals surface area contributed by atoms with Crippen molar-refractivity contribution >= 4 is 11.6 Å². The number of nitrogens with two attached hydrogens (primary N) is 1. The molecule has 92 valence electrons. The lowest BCUT2D eigenvalue weighted by atomic mass is 10.0. The fourth-order valence-electron chi connectivity index (χ4n) is 2.35. The van der Waals surface area contributed by atoms with E-state index in [1.54, 1.807) is 0 Å². The van der Waals surface area contributed by atoms with Gasteiger partial charge in [-0.3, -0.25) is 4.90 Å². The summed E-state index contributed by atoms with van der Waals surface area (Å²) in [5.41, 5.74) is 7.93. The van der Waals surface area contributed by atoms with Gasteiger partial charge in [-0.05, 0) is 12.1 Å². The Morgan fingerprint density at radius 3 is 3.00 bits per heavy atom. The molecule has 0 atom stereocenters. The Kier molecular flexibility index (Phi) is 2.96. The summed E-state index contributed by atoms with van der Waals surface area (Å²) in [4.78, 5) is 2.29. The molecule has 1 saturated heterocycles. The van der Waals surface area contributed by atoms with Gasteiger partial charge in [0.15, 0.2) is 6.79 Å². The maximum atomic E-state index is 6.10. The van der Waals surface area contributed by atoms with Gasteiger partial charge in [0.2, 0.25) is 0 Å². The number of rotatable bonds is 2. The SMILES string of the molecule is NC1CN(Cc2cc(Cl)cc3c2OCOC3)C1. The summed E-state index contributed by atoms with van der Waals surface area (Å²) in [6, 6.07) is 4.19. The fourth-order valence-corrected chi connectivity index (χ4v) is 2.62. The summed E-state index contributed by atoms with van der Waals surface area (Å²) >= 11 is 6.10. The molecule has 2 aliphatic heterocycles. The Bertz CT molecular complexity index is 433. The van der Waals surface area contributed by atoms with E-state index >= 15 is 0 Å². The maximum absolute atomic E-state index is 6.10. The number of likely N-dealkylation sites (tertiary alicyclic amines) is 1. The molecule has 0 saturated carbocycles. The van der Waals surface area contributed by atoms with Crippen LogP contribution in [0.2, 0.25) is 5.02 Å². The molecule has 17 heavy (non-hydrogen) atoms. The molecule has 2 aliphatic rings. The van der Waals surface area contributed by atoms with E-state index in [1.807, 2.05) is 12.1 Å². The molecule has 0 amide bonds. The molecule has 4 nitrogen and oxygen atoms in total. The van der Waals surface area contributed by atoms with Crippen LogP contribution in [0.4, 0.5) is 0 Å². The van der Waals surface area contributed by atoms with Crippen LogP contribution in [-0.2, 0) is 17.9 Å². The molecule has 1 aromatic carbocycles. The molecule has 0 unspecified atom stereocenters. The van der Waals surface area contributed by atoms with Crippen LogP contribution in [0.1, 0.15) is 11.1 Å². The average molecular weight is 255 g/mol. The molecule has 0 bridgehead atoms. The summed E-state index contributed by atoms with van der Waals surface area (Å²) in [6.45, 7) is 3.62. The Morgan fingerprint density at radius 1 is 1.41 bits per heavy atom. The van der Waals surface area contributed by atoms with Crippen LogP contribution in [0.3, 0.4) is 0 Å². The van der Waals surface area contributed by atoms with E-state index in [9.17, 15) is 0 Å². The van der Waals surface area contributed by atoms with E-state index in [0.717, 1.165) is 41.5 Å².